The Labute approximate surface area is 185 Å². The van der Waals surface area contributed by atoms with Crippen LogP contribution in [0.2, 0.25) is 0 Å². The van der Waals surface area contributed by atoms with Gasteiger partial charge in [0.25, 0.3) is 5.22 Å². The summed E-state index contributed by atoms with van der Waals surface area (Å²) in [5.41, 5.74) is 1.74. The van der Waals surface area contributed by atoms with Gasteiger partial charge in [-0.3, -0.25) is 4.79 Å². The van der Waals surface area contributed by atoms with Crippen molar-refractivity contribution in [1.82, 2.24) is 14.2 Å². The molecule has 1 fully saturated rings. The Morgan fingerprint density at radius 2 is 1.84 bits per heavy atom. The number of benzene rings is 2. The Hall–Kier alpha value is -2.40. The SMILES string of the molecule is CN(C)S(=O)(=O)c1ccc2oc(SC(C(=O)N3CCOCC3)c3ccccc3)nc2c1. The summed E-state index contributed by atoms with van der Waals surface area (Å²) in [5.74, 6) is -0.0300. The van der Waals surface area contributed by atoms with Gasteiger partial charge in [-0.05, 0) is 35.5 Å². The summed E-state index contributed by atoms with van der Waals surface area (Å²) in [5, 5.41) is -0.220. The number of hydrogen-bond donors (Lipinski definition) is 0. The number of amides is 1. The largest absolute Gasteiger partial charge is 0.431 e. The highest BCUT2D eigenvalue weighted by Gasteiger charge is 2.30. The molecule has 164 valence electrons. The van der Waals surface area contributed by atoms with E-state index in [2.05, 4.69) is 4.98 Å². The molecule has 10 heteroatoms. The number of carbonyl (C=O) groups excluding carboxylic acids is 1. The molecule has 31 heavy (non-hydrogen) atoms. The zero-order valence-electron chi connectivity index (χ0n) is 17.2. The molecule has 4 rings (SSSR count). The lowest BCUT2D eigenvalue weighted by molar-refractivity contribution is -0.134. The summed E-state index contributed by atoms with van der Waals surface area (Å²) in [6.07, 6.45) is 0. The second kappa shape index (κ2) is 8.99. The topological polar surface area (TPSA) is 93.0 Å². The Morgan fingerprint density at radius 1 is 1.13 bits per heavy atom. The van der Waals surface area contributed by atoms with Gasteiger partial charge in [0.15, 0.2) is 5.58 Å². The molecule has 1 aliphatic heterocycles. The number of sulfonamides is 1. The van der Waals surface area contributed by atoms with Crippen molar-refractivity contribution in [3.05, 3.63) is 54.1 Å². The molecule has 8 nitrogen and oxygen atoms in total. The Kier molecular flexibility index (Phi) is 6.33. The van der Waals surface area contributed by atoms with Gasteiger partial charge in [-0.25, -0.2) is 17.7 Å². The van der Waals surface area contributed by atoms with Crippen LogP contribution >= 0.6 is 11.8 Å². The summed E-state index contributed by atoms with van der Waals surface area (Å²) in [6.45, 7) is 2.12. The van der Waals surface area contributed by atoms with Crippen LogP contribution in [0.3, 0.4) is 0 Å². The van der Waals surface area contributed by atoms with Crippen LogP contribution in [0.15, 0.2) is 63.1 Å². The first-order chi connectivity index (χ1) is 14.9. The number of carbonyl (C=O) groups is 1. The van der Waals surface area contributed by atoms with Crippen LogP contribution in [-0.2, 0) is 19.6 Å². The zero-order chi connectivity index (χ0) is 22.0. The molecule has 0 spiro atoms. The van der Waals surface area contributed by atoms with E-state index in [-0.39, 0.29) is 10.8 Å². The van der Waals surface area contributed by atoms with E-state index in [4.69, 9.17) is 9.15 Å². The second-order valence-corrected chi connectivity index (χ2v) is 10.5. The van der Waals surface area contributed by atoms with Crippen molar-refractivity contribution in [3.8, 4) is 0 Å². The highest BCUT2D eigenvalue weighted by Crippen LogP contribution is 2.38. The molecule has 1 unspecified atom stereocenters. The average Bonchev–Trinajstić information content (AvgIpc) is 3.20. The molecule has 0 saturated carbocycles. The normalized spacial score (nSPS) is 16.0. The average molecular weight is 462 g/mol. The van der Waals surface area contributed by atoms with Crippen LogP contribution in [0.4, 0.5) is 0 Å². The molecule has 2 aromatic carbocycles. The number of rotatable bonds is 6. The van der Waals surface area contributed by atoms with E-state index in [1.807, 2.05) is 30.3 Å². The molecule has 2 heterocycles. The van der Waals surface area contributed by atoms with Crippen molar-refractivity contribution in [2.24, 2.45) is 0 Å². The molecule has 1 saturated heterocycles. The lowest BCUT2D eigenvalue weighted by Gasteiger charge is -2.30. The molecule has 3 aromatic rings. The number of morpholine rings is 1. The Morgan fingerprint density at radius 3 is 2.52 bits per heavy atom. The zero-order valence-corrected chi connectivity index (χ0v) is 18.9. The quantitative estimate of drug-likeness (QED) is 0.521. The van der Waals surface area contributed by atoms with Crippen LogP contribution in [0.1, 0.15) is 10.8 Å². The molecule has 0 radical (unpaired) electrons. The third kappa shape index (κ3) is 4.62. The first-order valence-electron chi connectivity index (χ1n) is 9.77. The van der Waals surface area contributed by atoms with Crippen molar-refractivity contribution in [2.45, 2.75) is 15.4 Å². The van der Waals surface area contributed by atoms with Gasteiger partial charge in [0.05, 0.1) is 18.1 Å². The number of ether oxygens (including phenoxy) is 1. The first-order valence-corrected chi connectivity index (χ1v) is 12.1. The molecule has 1 atom stereocenters. The number of hydrogen-bond acceptors (Lipinski definition) is 7. The predicted octanol–water partition coefficient (Wildman–Crippen LogP) is 2.77. The van der Waals surface area contributed by atoms with E-state index >= 15 is 0 Å². The van der Waals surface area contributed by atoms with Gasteiger partial charge in [-0.1, -0.05) is 30.3 Å². The van der Waals surface area contributed by atoms with Crippen LogP contribution in [0, 0.1) is 0 Å². The molecule has 0 aliphatic carbocycles. The first kappa shape index (κ1) is 21.8. The maximum absolute atomic E-state index is 13.3. The third-order valence-electron chi connectivity index (χ3n) is 4.99. The van der Waals surface area contributed by atoms with E-state index in [0.717, 1.165) is 9.87 Å². The molecular weight excluding hydrogens is 438 g/mol. The smallest absolute Gasteiger partial charge is 0.257 e. The van der Waals surface area contributed by atoms with Crippen LogP contribution in [-0.4, -0.2) is 68.9 Å². The van der Waals surface area contributed by atoms with Gasteiger partial charge in [0, 0.05) is 27.2 Å². The highest BCUT2D eigenvalue weighted by atomic mass is 32.2. The summed E-state index contributed by atoms with van der Waals surface area (Å²) in [4.78, 5) is 19.7. The minimum absolute atomic E-state index is 0.0300. The second-order valence-electron chi connectivity index (χ2n) is 7.24. The molecular formula is C21H23N3O5S2. The summed E-state index contributed by atoms with van der Waals surface area (Å²) < 4.78 is 37.2. The van der Waals surface area contributed by atoms with Gasteiger partial charge in [-0.15, -0.1) is 0 Å². The minimum Gasteiger partial charge on any atom is -0.431 e. The Balaban J connectivity index is 1.65. The van der Waals surface area contributed by atoms with Crippen molar-refractivity contribution in [2.75, 3.05) is 40.4 Å². The lowest BCUT2D eigenvalue weighted by Crippen LogP contribution is -2.42. The van der Waals surface area contributed by atoms with Crippen molar-refractivity contribution < 1.29 is 22.4 Å². The molecule has 1 aromatic heterocycles. The van der Waals surface area contributed by atoms with Gasteiger partial charge in [0.2, 0.25) is 15.9 Å². The number of oxazole rings is 1. The van der Waals surface area contributed by atoms with E-state index in [9.17, 15) is 13.2 Å². The number of thioether (sulfide) groups is 1. The number of fused-ring (bicyclic) bond motifs is 1. The van der Waals surface area contributed by atoms with Crippen LogP contribution < -0.4 is 0 Å². The minimum atomic E-state index is -3.58. The predicted molar refractivity (Wildman–Crippen MR) is 117 cm³/mol. The summed E-state index contributed by atoms with van der Waals surface area (Å²) in [7, 11) is -0.626. The van der Waals surface area contributed by atoms with E-state index in [0.29, 0.717) is 42.6 Å². The maximum Gasteiger partial charge on any atom is 0.257 e. The van der Waals surface area contributed by atoms with Crippen molar-refractivity contribution in [1.29, 1.82) is 0 Å². The summed E-state index contributed by atoms with van der Waals surface area (Å²) >= 11 is 1.22. The van der Waals surface area contributed by atoms with Crippen LogP contribution in [0.25, 0.3) is 11.1 Å². The molecule has 0 N–H and O–H groups in total. The molecule has 1 aliphatic rings. The third-order valence-corrected chi connectivity index (χ3v) is 7.88. The van der Waals surface area contributed by atoms with Crippen molar-refractivity contribution >= 4 is 38.8 Å². The van der Waals surface area contributed by atoms with Gasteiger partial charge in [0.1, 0.15) is 10.8 Å². The monoisotopic (exact) mass is 461 g/mol. The van der Waals surface area contributed by atoms with Gasteiger partial charge < -0.3 is 14.1 Å². The fraction of sp³-hybridized carbons (Fsp3) is 0.333. The fourth-order valence-electron chi connectivity index (χ4n) is 3.25. The van der Waals surface area contributed by atoms with E-state index < -0.39 is 15.3 Å². The molecule has 1 amide bonds. The maximum atomic E-state index is 13.3. The van der Waals surface area contributed by atoms with E-state index in [1.54, 1.807) is 11.0 Å². The van der Waals surface area contributed by atoms with E-state index in [1.165, 1.54) is 38.0 Å². The molecule has 0 bridgehead atoms. The van der Waals surface area contributed by atoms with Gasteiger partial charge >= 0.3 is 0 Å². The Bertz CT molecular complexity index is 1170. The van der Waals surface area contributed by atoms with Gasteiger partial charge in [-0.2, -0.15) is 0 Å². The highest BCUT2D eigenvalue weighted by molar-refractivity contribution is 8.00. The van der Waals surface area contributed by atoms with Crippen LogP contribution in [0.5, 0.6) is 0 Å². The van der Waals surface area contributed by atoms with Crippen molar-refractivity contribution in [3.63, 3.8) is 0 Å². The lowest BCUT2D eigenvalue weighted by atomic mass is 10.1. The number of nitrogens with zero attached hydrogens (tertiary/aromatic N) is 3. The standard InChI is InChI=1S/C21H23N3O5S2/c1-23(2)31(26,27)16-8-9-18-17(14-16)22-21(29-18)30-19(15-6-4-3-5-7-15)20(25)24-10-12-28-13-11-24/h3-9,14,19H,10-13H2,1-2H3. The summed E-state index contributed by atoms with van der Waals surface area (Å²) in [6, 6.07) is 14.0. The fourth-order valence-corrected chi connectivity index (χ4v) is 5.20. The number of aromatic nitrogens is 1.